The fourth-order valence-electron chi connectivity index (χ4n) is 3.54. The number of nitrogens with zero attached hydrogens (tertiary/aromatic N) is 2. The van der Waals surface area contributed by atoms with E-state index in [0.29, 0.717) is 5.92 Å². The second-order valence-corrected chi connectivity index (χ2v) is 7.11. The van der Waals surface area contributed by atoms with E-state index in [2.05, 4.69) is 22.0 Å². The van der Waals surface area contributed by atoms with Crippen molar-refractivity contribution in [2.24, 2.45) is 5.92 Å². The van der Waals surface area contributed by atoms with E-state index in [-0.39, 0.29) is 0 Å². The Bertz CT molecular complexity index is 404. The summed E-state index contributed by atoms with van der Waals surface area (Å²) in [5, 5.41) is 7.62. The number of hydrogen-bond acceptors (Lipinski definition) is 3. The minimum Gasteiger partial charge on any atom is -0.302 e. The van der Waals surface area contributed by atoms with Crippen molar-refractivity contribution in [1.29, 1.82) is 0 Å². The van der Waals surface area contributed by atoms with Crippen LogP contribution in [-0.4, -0.2) is 40.5 Å². The molecule has 1 N–H and O–H groups in total. The molecule has 2 fully saturated rings. The molecule has 0 aromatic carbocycles. The van der Waals surface area contributed by atoms with Gasteiger partial charge in [0.05, 0.1) is 11.9 Å². The number of H-pyrrole nitrogens is 1. The van der Waals surface area contributed by atoms with E-state index in [9.17, 15) is 0 Å². The van der Waals surface area contributed by atoms with Crippen LogP contribution >= 0.6 is 11.8 Å². The lowest BCUT2D eigenvalue weighted by atomic mass is 9.89. The molecule has 2 unspecified atom stereocenters. The van der Waals surface area contributed by atoms with Gasteiger partial charge in [0, 0.05) is 23.9 Å². The Kier molecular flexibility index (Phi) is 4.49. The van der Waals surface area contributed by atoms with Crippen LogP contribution in [0.25, 0.3) is 0 Å². The van der Waals surface area contributed by atoms with Gasteiger partial charge in [-0.05, 0) is 37.5 Å². The molecule has 0 saturated carbocycles. The van der Waals surface area contributed by atoms with Gasteiger partial charge in [0.1, 0.15) is 0 Å². The van der Waals surface area contributed by atoms with Crippen LogP contribution in [0.5, 0.6) is 0 Å². The minimum absolute atomic E-state index is 0.707. The van der Waals surface area contributed by atoms with E-state index in [1.165, 1.54) is 68.1 Å². The fraction of sp³-hybridized carbons (Fsp3) is 0.800. The number of unbranched alkanes of at least 4 members (excludes halogenated alkanes) is 2. The molecule has 0 radical (unpaired) electrons. The Labute approximate surface area is 120 Å². The minimum atomic E-state index is 0.707. The smallest absolute Gasteiger partial charge is 0.0626 e. The normalized spacial score (nSPS) is 29.8. The van der Waals surface area contributed by atoms with Crippen LogP contribution in [0.1, 0.15) is 50.6 Å². The van der Waals surface area contributed by atoms with E-state index >= 15 is 0 Å². The van der Waals surface area contributed by atoms with Gasteiger partial charge in [-0.3, -0.25) is 5.10 Å². The molecule has 0 amide bonds. The first kappa shape index (κ1) is 13.5. The van der Waals surface area contributed by atoms with Crippen molar-refractivity contribution in [3.05, 3.63) is 11.9 Å². The molecule has 3 heterocycles. The average Bonchev–Trinajstić information content (AvgIpc) is 2.99. The van der Waals surface area contributed by atoms with Crippen molar-refractivity contribution in [1.82, 2.24) is 15.1 Å². The zero-order chi connectivity index (χ0) is 13.1. The molecule has 2 bridgehead atoms. The Balaban J connectivity index is 1.63. The molecule has 2 saturated heterocycles. The van der Waals surface area contributed by atoms with Crippen molar-refractivity contribution >= 4 is 11.8 Å². The van der Waals surface area contributed by atoms with Gasteiger partial charge >= 0.3 is 0 Å². The highest BCUT2D eigenvalue weighted by Crippen LogP contribution is 2.41. The number of piperidine rings is 1. The van der Waals surface area contributed by atoms with Gasteiger partial charge in [-0.15, -0.1) is 11.8 Å². The van der Waals surface area contributed by atoms with Crippen molar-refractivity contribution in [3.8, 4) is 0 Å². The van der Waals surface area contributed by atoms with Gasteiger partial charge in [-0.2, -0.15) is 5.10 Å². The van der Waals surface area contributed by atoms with Gasteiger partial charge in [-0.25, -0.2) is 0 Å². The number of hydrogen-bond donors (Lipinski definition) is 1. The fourth-order valence-corrected chi connectivity index (χ4v) is 4.59. The maximum atomic E-state index is 4.32. The molecule has 0 aliphatic carbocycles. The SMILES string of the molecule is CCCCCSc1cn[nH]c1C1CN2CCC[C@H]1C2. The number of fused-ring (bicyclic) bond motifs is 2. The van der Waals surface area contributed by atoms with Crippen LogP contribution in [0.3, 0.4) is 0 Å². The predicted octanol–water partition coefficient (Wildman–Crippen LogP) is 3.50. The Morgan fingerprint density at radius 2 is 2.37 bits per heavy atom. The van der Waals surface area contributed by atoms with Crippen molar-refractivity contribution < 1.29 is 0 Å². The molecular weight excluding hydrogens is 254 g/mol. The quantitative estimate of drug-likeness (QED) is 0.639. The summed E-state index contributed by atoms with van der Waals surface area (Å²) in [4.78, 5) is 4.04. The van der Waals surface area contributed by atoms with Crippen molar-refractivity contribution in [2.45, 2.75) is 49.8 Å². The molecule has 3 rings (SSSR count). The van der Waals surface area contributed by atoms with E-state index in [1.807, 2.05) is 18.0 Å². The molecule has 2 aliphatic heterocycles. The standard InChI is InChI=1S/C15H25N3S/c1-2-3-4-8-19-14-9-16-17-15(14)13-11-18-7-5-6-12(13)10-18/h9,12-13H,2-8,10-11H2,1H3,(H,16,17)/t12-,13?/m0/s1. The summed E-state index contributed by atoms with van der Waals surface area (Å²) in [5.41, 5.74) is 1.43. The predicted molar refractivity (Wildman–Crippen MR) is 80.7 cm³/mol. The van der Waals surface area contributed by atoms with E-state index in [0.717, 1.165) is 5.92 Å². The number of nitrogens with one attached hydrogen (secondary N) is 1. The van der Waals surface area contributed by atoms with E-state index < -0.39 is 0 Å². The van der Waals surface area contributed by atoms with Gasteiger partial charge in [0.2, 0.25) is 0 Å². The summed E-state index contributed by atoms with van der Waals surface area (Å²) >= 11 is 2.00. The van der Waals surface area contributed by atoms with Crippen LogP contribution in [0.2, 0.25) is 0 Å². The van der Waals surface area contributed by atoms with Crippen LogP contribution < -0.4 is 0 Å². The largest absolute Gasteiger partial charge is 0.302 e. The van der Waals surface area contributed by atoms with Gasteiger partial charge in [0.15, 0.2) is 0 Å². The number of thioether (sulfide) groups is 1. The molecule has 1 aromatic heterocycles. The highest BCUT2D eigenvalue weighted by atomic mass is 32.2. The summed E-state index contributed by atoms with van der Waals surface area (Å²) < 4.78 is 0. The summed E-state index contributed by atoms with van der Waals surface area (Å²) in [6.45, 7) is 6.13. The number of aromatic nitrogens is 2. The molecule has 3 nitrogen and oxygen atoms in total. The Morgan fingerprint density at radius 1 is 1.42 bits per heavy atom. The Morgan fingerprint density at radius 3 is 3.21 bits per heavy atom. The molecule has 3 atom stereocenters. The number of rotatable bonds is 6. The zero-order valence-electron chi connectivity index (χ0n) is 11.9. The first-order valence-corrected chi connectivity index (χ1v) is 8.75. The highest BCUT2D eigenvalue weighted by molar-refractivity contribution is 7.99. The average molecular weight is 279 g/mol. The second kappa shape index (κ2) is 6.31. The first-order chi connectivity index (χ1) is 9.38. The van der Waals surface area contributed by atoms with Gasteiger partial charge in [-0.1, -0.05) is 19.8 Å². The molecular formula is C15H25N3S. The summed E-state index contributed by atoms with van der Waals surface area (Å²) in [6.07, 6.45) is 8.81. The van der Waals surface area contributed by atoms with Crippen LogP contribution in [0.4, 0.5) is 0 Å². The monoisotopic (exact) mass is 279 g/mol. The molecule has 106 valence electrons. The summed E-state index contributed by atoms with van der Waals surface area (Å²) in [6, 6.07) is 0. The van der Waals surface area contributed by atoms with Gasteiger partial charge in [0.25, 0.3) is 0 Å². The topological polar surface area (TPSA) is 31.9 Å². The first-order valence-electron chi connectivity index (χ1n) is 7.77. The summed E-state index contributed by atoms with van der Waals surface area (Å²) in [7, 11) is 0. The van der Waals surface area contributed by atoms with Crippen molar-refractivity contribution in [3.63, 3.8) is 0 Å². The maximum absolute atomic E-state index is 4.32. The highest BCUT2D eigenvalue weighted by Gasteiger charge is 2.38. The molecule has 1 aromatic rings. The molecule has 2 aliphatic rings. The Hall–Kier alpha value is -0.480. The van der Waals surface area contributed by atoms with E-state index in [4.69, 9.17) is 0 Å². The summed E-state index contributed by atoms with van der Waals surface area (Å²) in [5.74, 6) is 2.81. The third-order valence-corrected chi connectivity index (χ3v) is 5.70. The number of aromatic amines is 1. The molecule has 4 heteroatoms. The molecule has 19 heavy (non-hydrogen) atoms. The molecule has 0 spiro atoms. The van der Waals surface area contributed by atoms with Crippen LogP contribution in [-0.2, 0) is 0 Å². The third kappa shape index (κ3) is 3.00. The van der Waals surface area contributed by atoms with Gasteiger partial charge < -0.3 is 4.90 Å². The maximum Gasteiger partial charge on any atom is 0.0626 e. The van der Waals surface area contributed by atoms with E-state index in [1.54, 1.807) is 0 Å². The second-order valence-electron chi connectivity index (χ2n) is 5.97. The lowest BCUT2D eigenvalue weighted by molar-refractivity contribution is 0.269. The van der Waals surface area contributed by atoms with Crippen molar-refractivity contribution in [2.75, 3.05) is 25.4 Å². The zero-order valence-corrected chi connectivity index (χ0v) is 12.7. The van der Waals surface area contributed by atoms with Crippen LogP contribution in [0.15, 0.2) is 11.1 Å². The lowest BCUT2D eigenvalue weighted by Crippen LogP contribution is -2.25. The van der Waals surface area contributed by atoms with Crippen LogP contribution in [0, 0.1) is 5.92 Å². The third-order valence-electron chi connectivity index (χ3n) is 4.57. The lowest BCUT2D eigenvalue weighted by Gasteiger charge is -2.22.